The van der Waals surface area contributed by atoms with Gasteiger partial charge in [0.1, 0.15) is 0 Å². The van der Waals surface area contributed by atoms with Crippen LogP contribution in [0.25, 0.3) is 0 Å². The molecule has 0 aliphatic heterocycles. The second kappa shape index (κ2) is 4.41. The van der Waals surface area contributed by atoms with Gasteiger partial charge in [-0.15, -0.1) is 0 Å². The molecular weight excluding hydrogens is 226 g/mol. The first-order chi connectivity index (χ1) is 8.47. The van der Waals surface area contributed by atoms with Crippen LogP contribution in [0.2, 0.25) is 0 Å². The molecule has 1 aliphatic carbocycles. The second-order valence-electron chi connectivity index (χ2n) is 4.24. The maximum atomic E-state index is 11.8. The first-order valence-electron chi connectivity index (χ1n) is 5.53. The highest BCUT2D eigenvalue weighted by atomic mass is 16.1. The maximum absolute atomic E-state index is 11.8. The molecule has 18 heavy (non-hydrogen) atoms. The van der Waals surface area contributed by atoms with Crippen molar-refractivity contribution in [2.75, 3.05) is 11.1 Å². The Hall–Kier alpha value is -2.49. The summed E-state index contributed by atoms with van der Waals surface area (Å²) in [7, 11) is 0. The van der Waals surface area contributed by atoms with Crippen LogP contribution in [0, 0.1) is 6.92 Å². The van der Waals surface area contributed by atoms with Crippen LogP contribution in [0.1, 0.15) is 5.56 Å². The van der Waals surface area contributed by atoms with E-state index in [0.29, 0.717) is 17.0 Å². The smallest absolute Gasteiger partial charge is 0.204 e. The minimum Gasteiger partial charge on any atom is -0.399 e. The molecule has 0 atom stereocenters. The third-order valence-electron chi connectivity index (χ3n) is 2.79. The Kier molecular flexibility index (Phi) is 2.93. The van der Waals surface area contributed by atoms with E-state index in [-0.39, 0.29) is 5.78 Å². The molecule has 0 bridgehead atoms. The minimum absolute atomic E-state index is 0.158. The van der Waals surface area contributed by atoms with Crippen molar-refractivity contribution in [2.45, 2.75) is 6.92 Å². The van der Waals surface area contributed by atoms with E-state index in [9.17, 15) is 4.79 Å². The van der Waals surface area contributed by atoms with Gasteiger partial charge in [0.2, 0.25) is 5.78 Å². The van der Waals surface area contributed by atoms with Gasteiger partial charge in [-0.2, -0.15) is 0 Å². The number of carbonyl (C=O) groups excluding carboxylic acids is 1. The molecule has 5 N–H and O–H groups in total. The molecule has 1 aromatic carbocycles. The number of nitrogens with one attached hydrogen (secondary N) is 1. The van der Waals surface area contributed by atoms with Gasteiger partial charge in [-0.3, -0.25) is 4.79 Å². The topological polar surface area (TPSA) is 81.1 Å². The Balaban J connectivity index is 2.24. The number of anilines is 2. The summed E-state index contributed by atoms with van der Waals surface area (Å²) < 4.78 is 0. The van der Waals surface area contributed by atoms with Gasteiger partial charge in [-0.1, -0.05) is 6.58 Å². The van der Waals surface area contributed by atoms with Crippen LogP contribution in [0.5, 0.6) is 0 Å². The molecular formula is C14H15N3O. The highest BCUT2D eigenvalue weighted by molar-refractivity contribution is 6.08. The Morgan fingerprint density at radius 3 is 2.61 bits per heavy atom. The monoisotopic (exact) mass is 241 g/mol. The van der Waals surface area contributed by atoms with Crippen molar-refractivity contribution >= 4 is 17.2 Å². The lowest BCUT2D eigenvalue weighted by molar-refractivity contribution is -0.111. The van der Waals surface area contributed by atoms with E-state index in [2.05, 4.69) is 11.9 Å². The number of hydrogen-bond acceptors (Lipinski definition) is 4. The van der Waals surface area contributed by atoms with Crippen LogP contribution in [0.15, 0.2) is 53.9 Å². The first-order valence-corrected chi connectivity index (χ1v) is 5.53. The average molecular weight is 241 g/mol. The Morgan fingerprint density at radius 1 is 1.22 bits per heavy atom. The number of hydrogen-bond donors (Lipinski definition) is 3. The van der Waals surface area contributed by atoms with Crippen molar-refractivity contribution in [3.63, 3.8) is 0 Å². The molecule has 0 saturated carbocycles. The lowest BCUT2D eigenvalue weighted by Gasteiger charge is -2.15. The van der Waals surface area contributed by atoms with Crippen LogP contribution in [0.4, 0.5) is 11.4 Å². The van der Waals surface area contributed by atoms with E-state index in [4.69, 9.17) is 11.5 Å². The van der Waals surface area contributed by atoms with E-state index in [1.54, 1.807) is 12.1 Å². The average Bonchev–Trinajstić information content (AvgIpc) is 2.31. The fourth-order valence-electron chi connectivity index (χ4n) is 1.65. The second-order valence-corrected chi connectivity index (χ2v) is 4.24. The molecule has 2 rings (SSSR count). The summed E-state index contributed by atoms with van der Waals surface area (Å²) in [6.07, 6.45) is 3.01. The van der Waals surface area contributed by atoms with Crippen molar-refractivity contribution in [3.8, 4) is 0 Å². The van der Waals surface area contributed by atoms with E-state index >= 15 is 0 Å². The lowest BCUT2D eigenvalue weighted by atomic mass is 10.0. The fraction of sp³-hybridized carbons (Fsp3) is 0.0714. The number of nitrogen functional groups attached to an aromatic ring is 1. The minimum atomic E-state index is -0.158. The molecule has 0 spiro atoms. The van der Waals surface area contributed by atoms with Gasteiger partial charge in [0.25, 0.3) is 0 Å². The third-order valence-corrected chi connectivity index (χ3v) is 2.79. The van der Waals surface area contributed by atoms with E-state index < -0.39 is 0 Å². The maximum Gasteiger partial charge on any atom is 0.204 e. The van der Waals surface area contributed by atoms with Crippen LogP contribution in [0.3, 0.4) is 0 Å². The predicted molar refractivity (Wildman–Crippen MR) is 73.7 cm³/mol. The van der Waals surface area contributed by atoms with Crippen molar-refractivity contribution in [2.24, 2.45) is 5.73 Å². The number of nitrogens with two attached hydrogens (primary N) is 2. The van der Waals surface area contributed by atoms with Crippen LogP contribution >= 0.6 is 0 Å². The molecule has 0 radical (unpaired) electrons. The Labute approximate surface area is 106 Å². The van der Waals surface area contributed by atoms with Gasteiger partial charge in [0.05, 0.1) is 5.70 Å². The molecule has 0 saturated heterocycles. The number of rotatable bonds is 2. The Bertz CT molecular complexity index is 597. The van der Waals surface area contributed by atoms with Gasteiger partial charge >= 0.3 is 0 Å². The number of aryl methyl sites for hydroxylation is 1. The summed E-state index contributed by atoms with van der Waals surface area (Å²) in [4.78, 5) is 11.8. The van der Waals surface area contributed by atoms with Gasteiger partial charge in [0, 0.05) is 23.1 Å². The van der Waals surface area contributed by atoms with Gasteiger partial charge in [-0.25, -0.2) is 0 Å². The van der Waals surface area contributed by atoms with Crippen molar-refractivity contribution in [1.82, 2.24) is 0 Å². The van der Waals surface area contributed by atoms with Crippen LogP contribution in [-0.2, 0) is 4.79 Å². The third kappa shape index (κ3) is 2.27. The molecule has 4 nitrogen and oxygen atoms in total. The van der Waals surface area contributed by atoms with Crippen LogP contribution in [-0.4, -0.2) is 5.78 Å². The molecule has 1 aliphatic rings. The van der Waals surface area contributed by atoms with E-state index in [0.717, 1.165) is 16.9 Å². The van der Waals surface area contributed by atoms with Gasteiger partial charge < -0.3 is 16.8 Å². The quantitative estimate of drug-likeness (QED) is 0.690. The summed E-state index contributed by atoms with van der Waals surface area (Å²) in [5, 5.41) is 3.04. The summed E-state index contributed by atoms with van der Waals surface area (Å²) >= 11 is 0. The largest absolute Gasteiger partial charge is 0.399 e. The summed E-state index contributed by atoms with van der Waals surface area (Å²) in [6.45, 7) is 5.68. The summed E-state index contributed by atoms with van der Waals surface area (Å²) in [5.74, 6) is -0.158. The zero-order chi connectivity index (χ0) is 13.3. The molecule has 0 heterocycles. The molecule has 0 aromatic heterocycles. The number of benzene rings is 1. The van der Waals surface area contributed by atoms with Crippen molar-refractivity contribution < 1.29 is 4.79 Å². The SMILES string of the molecule is C=C1C=C(Nc2ccc(N)c(C)c2)C(=O)C=C1N. The van der Waals surface area contributed by atoms with E-state index in [1.165, 1.54) is 6.08 Å². The van der Waals surface area contributed by atoms with E-state index in [1.807, 2.05) is 19.1 Å². The highest BCUT2D eigenvalue weighted by Crippen LogP contribution is 2.21. The normalized spacial score (nSPS) is 15.2. The zero-order valence-corrected chi connectivity index (χ0v) is 10.2. The molecule has 0 amide bonds. The van der Waals surface area contributed by atoms with Gasteiger partial charge in [-0.05, 0) is 42.3 Å². The number of allylic oxidation sites excluding steroid dienone is 2. The molecule has 4 heteroatoms. The zero-order valence-electron chi connectivity index (χ0n) is 10.2. The summed E-state index contributed by atoms with van der Waals surface area (Å²) in [5.41, 5.74) is 15.3. The standard InChI is InChI=1S/C14H15N3O/c1-8-5-10(3-4-11(8)15)17-13-6-9(2)12(16)7-14(13)18/h3-7,17H,2,15-16H2,1H3. The Morgan fingerprint density at radius 2 is 1.94 bits per heavy atom. The molecule has 0 fully saturated rings. The highest BCUT2D eigenvalue weighted by Gasteiger charge is 2.14. The van der Waals surface area contributed by atoms with Crippen molar-refractivity contribution in [1.29, 1.82) is 0 Å². The number of carbonyl (C=O) groups is 1. The van der Waals surface area contributed by atoms with Gasteiger partial charge in [0.15, 0.2) is 0 Å². The molecule has 1 aromatic rings. The summed E-state index contributed by atoms with van der Waals surface area (Å²) in [6, 6.07) is 5.50. The molecule has 0 unspecified atom stereocenters. The van der Waals surface area contributed by atoms with Crippen LogP contribution < -0.4 is 16.8 Å². The molecule has 92 valence electrons. The first kappa shape index (κ1) is 12.0. The predicted octanol–water partition coefficient (Wildman–Crippen LogP) is 1.85. The number of ketones is 1. The fourth-order valence-corrected chi connectivity index (χ4v) is 1.65. The van der Waals surface area contributed by atoms with Crippen molar-refractivity contribution in [3.05, 3.63) is 59.5 Å². The lowest BCUT2D eigenvalue weighted by Crippen LogP contribution is -2.17.